The van der Waals surface area contributed by atoms with Gasteiger partial charge in [-0.15, -0.1) is 0 Å². The van der Waals surface area contributed by atoms with Crippen LogP contribution < -0.4 is 5.32 Å². The van der Waals surface area contributed by atoms with Gasteiger partial charge in [0.1, 0.15) is 12.7 Å². The Bertz CT molecular complexity index is 232. The van der Waals surface area contributed by atoms with Crippen molar-refractivity contribution in [1.29, 1.82) is 0 Å². The normalized spacial score (nSPS) is 15.4. The number of hydrogen-bond donors (Lipinski definition) is 1. The predicted molar refractivity (Wildman–Crippen MR) is 56.9 cm³/mol. The molecule has 4 nitrogen and oxygen atoms in total. The summed E-state index contributed by atoms with van der Waals surface area (Å²) in [6.45, 7) is 8.53. The molecule has 0 aliphatic heterocycles. The summed E-state index contributed by atoms with van der Waals surface area (Å²) in [5.74, 6) is 0.666. The van der Waals surface area contributed by atoms with Crippen molar-refractivity contribution in [2.45, 2.75) is 39.8 Å². The maximum absolute atomic E-state index is 4.12. The highest BCUT2D eigenvalue weighted by molar-refractivity contribution is 4.73. The molecule has 1 rings (SSSR count). The zero-order valence-electron chi connectivity index (χ0n) is 9.27. The average Bonchev–Trinajstić information content (AvgIpc) is 2.68. The molecule has 2 atom stereocenters. The SMILES string of the molecule is CCNC(Cn1cncn1)C(C)CC. The molecule has 0 fully saturated rings. The van der Waals surface area contributed by atoms with Crippen LogP contribution in [-0.4, -0.2) is 27.4 Å². The molecular weight excluding hydrogens is 176 g/mol. The molecule has 1 N–H and O–H groups in total. The monoisotopic (exact) mass is 196 g/mol. The number of likely N-dealkylation sites (N-methyl/N-ethyl adjacent to an activating group) is 1. The molecule has 1 aromatic rings. The second-order valence-corrected chi connectivity index (χ2v) is 3.67. The Morgan fingerprint density at radius 1 is 1.43 bits per heavy atom. The molecule has 0 aromatic carbocycles. The second kappa shape index (κ2) is 5.75. The van der Waals surface area contributed by atoms with Gasteiger partial charge in [-0.25, -0.2) is 4.98 Å². The molecule has 4 heteroatoms. The van der Waals surface area contributed by atoms with Gasteiger partial charge >= 0.3 is 0 Å². The van der Waals surface area contributed by atoms with Crippen LogP contribution in [0.25, 0.3) is 0 Å². The summed E-state index contributed by atoms with van der Waals surface area (Å²) in [7, 11) is 0. The molecule has 0 radical (unpaired) electrons. The average molecular weight is 196 g/mol. The third-order valence-electron chi connectivity index (χ3n) is 2.65. The molecule has 0 aliphatic rings. The van der Waals surface area contributed by atoms with E-state index in [1.807, 2.05) is 4.68 Å². The molecule has 0 bridgehead atoms. The van der Waals surface area contributed by atoms with Crippen LogP contribution in [0.15, 0.2) is 12.7 Å². The van der Waals surface area contributed by atoms with E-state index in [2.05, 4.69) is 36.2 Å². The summed E-state index contributed by atoms with van der Waals surface area (Å²) in [5.41, 5.74) is 0. The van der Waals surface area contributed by atoms with Gasteiger partial charge in [0.25, 0.3) is 0 Å². The number of hydrogen-bond acceptors (Lipinski definition) is 3. The van der Waals surface area contributed by atoms with Crippen LogP contribution in [0.1, 0.15) is 27.2 Å². The Morgan fingerprint density at radius 3 is 2.71 bits per heavy atom. The van der Waals surface area contributed by atoms with Gasteiger partial charge in [-0.1, -0.05) is 27.2 Å². The first-order chi connectivity index (χ1) is 6.77. The summed E-state index contributed by atoms with van der Waals surface area (Å²) in [6.07, 6.45) is 4.54. The highest BCUT2D eigenvalue weighted by Gasteiger charge is 2.14. The van der Waals surface area contributed by atoms with Crippen LogP contribution in [0, 0.1) is 5.92 Å². The van der Waals surface area contributed by atoms with E-state index in [9.17, 15) is 0 Å². The molecule has 80 valence electrons. The number of nitrogens with zero attached hydrogens (tertiary/aromatic N) is 3. The zero-order chi connectivity index (χ0) is 10.4. The smallest absolute Gasteiger partial charge is 0.137 e. The summed E-state index contributed by atoms with van der Waals surface area (Å²) in [6, 6.07) is 0.492. The number of nitrogens with one attached hydrogen (secondary N) is 1. The first-order valence-corrected chi connectivity index (χ1v) is 5.33. The lowest BCUT2D eigenvalue weighted by Crippen LogP contribution is -2.38. The van der Waals surface area contributed by atoms with Crippen molar-refractivity contribution >= 4 is 0 Å². The molecule has 0 amide bonds. The molecule has 0 spiro atoms. The molecule has 0 saturated carbocycles. The first-order valence-electron chi connectivity index (χ1n) is 5.33. The van der Waals surface area contributed by atoms with Crippen LogP contribution in [0.4, 0.5) is 0 Å². The van der Waals surface area contributed by atoms with Crippen molar-refractivity contribution in [1.82, 2.24) is 20.1 Å². The topological polar surface area (TPSA) is 42.7 Å². The fraction of sp³-hybridized carbons (Fsp3) is 0.800. The van der Waals surface area contributed by atoms with Gasteiger partial charge in [0, 0.05) is 6.04 Å². The standard InChI is InChI=1S/C10H20N4/c1-4-9(3)10(12-5-2)6-14-8-11-7-13-14/h7-10,12H,4-6H2,1-3H3. The van der Waals surface area contributed by atoms with Crippen LogP contribution in [0.3, 0.4) is 0 Å². The van der Waals surface area contributed by atoms with Crippen LogP contribution in [0.5, 0.6) is 0 Å². The summed E-state index contributed by atoms with van der Waals surface area (Å²) >= 11 is 0. The third kappa shape index (κ3) is 3.10. The zero-order valence-corrected chi connectivity index (χ0v) is 9.27. The molecule has 1 heterocycles. The first kappa shape index (κ1) is 11.2. The lowest BCUT2D eigenvalue weighted by atomic mass is 9.99. The summed E-state index contributed by atoms with van der Waals surface area (Å²) in [4.78, 5) is 3.94. The van der Waals surface area contributed by atoms with Crippen LogP contribution in [0.2, 0.25) is 0 Å². The fourth-order valence-corrected chi connectivity index (χ4v) is 1.52. The molecule has 0 saturated heterocycles. The minimum atomic E-state index is 0.492. The van der Waals surface area contributed by atoms with E-state index in [1.165, 1.54) is 6.42 Å². The molecular formula is C10H20N4. The Labute approximate surface area is 85.7 Å². The van der Waals surface area contributed by atoms with Gasteiger partial charge in [0.05, 0.1) is 6.54 Å². The molecule has 0 aliphatic carbocycles. The van der Waals surface area contributed by atoms with E-state index in [-0.39, 0.29) is 0 Å². The predicted octanol–water partition coefficient (Wildman–Crippen LogP) is 1.30. The summed E-state index contributed by atoms with van der Waals surface area (Å²) < 4.78 is 1.89. The van der Waals surface area contributed by atoms with Crippen molar-refractivity contribution in [3.8, 4) is 0 Å². The quantitative estimate of drug-likeness (QED) is 0.746. The fourth-order valence-electron chi connectivity index (χ4n) is 1.52. The molecule has 14 heavy (non-hydrogen) atoms. The lowest BCUT2D eigenvalue weighted by molar-refractivity contribution is 0.323. The van der Waals surface area contributed by atoms with E-state index >= 15 is 0 Å². The van der Waals surface area contributed by atoms with E-state index in [0.29, 0.717) is 12.0 Å². The van der Waals surface area contributed by atoms with E-state index in [0.717, 1.165) is 13.1 Å². The third-order valence-corrected chi connectivity index (χ3v) is 2.65. The van der Waals surface area contributed by atoms with Crippen molar-refractivity contribution in [3.63, 3.8) is 0 Å². The van der Waals surface area contributed by atoms with Crippen molar-refractivity contribution in [2.24, 2.45) is 5.92 Å². The van der Waals surface area contributed by atoms with Gasteiger partial charge in [-0.3, -0.25) is 4.68 Å². The van der Waals surface area contributed by atoms with Crippen LogP contribution >= 0.6 is 0 Å². The van der Waals surface area contributed by atoms with Crippen molar-refractivity contribution in [3.05, 3.63) is 12.7 Å². The highest BCUT2D eigenvalue weighted by Crippen LogP contribution is 2.09. The van der Waals surface area contributed by atoms with Gasteiger partial charge in [-0.2, -0.15) is 5.10 Å². The molecule has 1 aromatic heterocycles. The lowest BCUT2D eigenvalue weighted by Gasteiger charge is -2.23. The van der Waals surface area contributed by atoms with Crippen molar-refractivity contribution < 1.29 is 0 Å². The number of rotatable bonds is 6. The Balaban J connectivity index is 2.50. The van der Waals surface area contributed by atoms with E-state index in [4.69, 9.17) is 0 Å². The van der Waals surface area contributed by atoms with Crippen molar-refractivity contribution in [2.75, 3.05) is 6.54 Å². The maximum Gasteiger partial charge on any atom is 0.137 e. The Kier molecular flexibility index (Phi) is 4.59. The van der Waals surface area contributed by atoms with Crippen LogP contribution in [-0.2, 0) is 6.54 Å². The van der Waals surface area contributed by atoms with Gasteiger partial charge in [0.15, 0.2) is 0 Å². The maximum atomic E-state index is 4.12. The Hall–Kier alpha value is -0.900. The Morgan fingerprint density at radius 2 is 2.21 bits per heavy atom. The summed E-state index contributed by atoms with van der Waals surface area (Å²) in [5, 5.41) is 7.60. The van der Waals surface area contributed by atoms with E-state index < -0.39 is 0 Å². The highest BCUT2D eigenvalue weighted by atomic mass is 15.3. The molecule has 2 unspecified atom stereocenters. The van der Waals surface area contributed by atoms with Gasteiger partial charge < -0.3 is 5.32 Å². The minimum absolute atomic E-state index is 0.492. The van der Waals surface area contributed by atoms with Gasteiger partial charge in [0.2, 0.25) is 0 Å². The van der Waals surface area contributed by atoms with E-state index in [1.54, 1.807) is 12.7 Å². The number of aromatic nitrogens is 3. The minimum Gasteiger partial charge on any atom is -0.312 e. The largest absolute Gasteiger partial charge is 0.312 e. The second-order valence-electron chi connectivity index (χ2n) is 3.67. The van der Waals surface area contributed by atoms with Gasteiger partial charge in [-0.05, 0) is 12.5 Å².